The lowest BCUT2D eigenvalue weighted by atomic mass is 10.0. The third kappa shape index (κ3) is 2.49. The number of hydrogen-bond acceptors (Lipinski definition) is 3. The van der Waals surface area contributed by atoms with Crippen LogP contribution in [0.1, 0.15) is 31.4 Å². The van der Waals surface area contributed by atoms with Gasteiger partial charge in [-0.2, -0.15) is 0 Å². The van der Waals surface area contributed by atoms with Crippen LogP contribution in [0, 0.1) is 0 Å². The van der Waals surface area contributed by atoms with E-state index < -0.39 is 0 Å². The van der Waals surface area contributed by atoms with Crippen molar-refractivity contribution in [3.8, 4) is 0 Å². The van der Waals surface area contributed by atoms with Crippen LogP contribution in [0.3, 0.4) is 0 Å². The van der Waals surface area contributed by atoms with Crippen LogP contribution in [0.2, 0.25) is 0 Å². The van der Waals surface area contributed by atoms with Gasteiger partial charge in [0.1, 0.15) is 5.82 Å². The maximum atomic E-state index is 5.57. The maximum Gasteiger partial charge on any atom is 0.143 e. The number of pyridine rings is 1. The zero-order chi connectivity index (χ0) is 13.1. The molecule has 0 bridgehead atoms. The molecule has 0 saturated carbocycles. The Kier molecular flexibility index (Phi) is 4.19. The summed E-state index contributed by atoms with van der Waals surface area (Å²) >= 11 is 3.56. The zero-order valence-corrected chi connectivity index (χ0v) is 12.3. The van der Waals surface area contributed by atoms with Crippen molar-refractivity contribution in [2.75, 3.05) is 5.43 Å². The second-order valence-corrected chi connectivity index (χ2v) is 5.30. The van der Waals surface area contributed by atoms with Gasteiger partial charge in [-0.1, -0.05) is 36.2 Å². The molecule has 96 valence electrons. The van der Waals surface area contributed by atoms with E-state index in [0.29, 0.717) is 0 Å². The summed E-state index contributed by atoms with van der Waals surface area (Å²) in [5, 5.41) is 1.17. The Morgan fingerprint density at radius 2 is 2.00 bits per heavy atom. The first-order chi connectivity index (χ1) is 8.69. The number of rotatable bonds is 4. The molecule has 0 aliphatic rings. The van der Waals surface area contributed by atoms with Crippen molar-refractivity contribution >= 4 is 32.7 Å². The summed E-state index contributed by atoms with van der Waals surface area (Å²) in [5.74, 6) is 6.36. The van der Waals surface area contributed by atoms with E-state index in [1.807, 2.05) is 0 Å². The highest BCUT2D eigenvalue weighted by Crippen LogP contribution is 2.27. The molecule has 3 nitrogen and oxygen atoms in total. The topological polar surface area (TPSA) is 50.9 Å². The molecular formula is C14H18BrN3. The lowest BCUT2D eigenvalue weighted by molar-refractivity contribution is 0.916. The van der Waals surface area contributed by atoms with Gasteiger partial charge in [-0.15, -0.1) is 0 Å². The Labute approximate surface area is 116 Å². The van der Waals surface area contributed by atoms with E-state index in [9.17, 15) is 0 Å². The number of nitrogens with two attached hydrogens (primary N) is 1. The number of hydrazine groups is 1. The Morgan fingerprint density at radius 3 is 2.61 bits per heavy atom. The van der Waals surface area contributed by atoms with Gasteiger partial charge in [-0.05, 0) is 42.2 Å². The van der Waals surface area contributed by atoms with Gasteiger partial charge in [0.2, 0.25) is 0 Å². The maximum absolute atomic E-state index is 5.57. The van der Waals surface area contributed by atoms with Crippen molar-refractivity contribution in [1.29, 1.82) is 0 Å². The molecule has 0 amide bonds. The van der Waals surface area contributed by atoms with Gasteiger partial charge in [-0.3, -0.25) is 0 Å². The molecule has 2 aromatic rings. The summed E-state index contributed by atoms with van der Waals surface area (Å²) in [6, 6.07) is 6.42. The largest absolute Gasteiger partial charge is 0.308 e. The molecule has 2 rings (SSSR count). The van der Waals surface area contributed by atoms with Crippen molar-refractivity contribution in [3.63, 3.8) is 0 Å². The number of anilines is 1. The molecular weight excluding hydrogens is 290 g/mol. The number of benzene rings is 1. The van der Waals surface area contributed by atoms with Gasteiger partial charge in [-0.25, -0.2) is 10.8 Å². The lowest BCUT2D eigenvalue weighted by Gasteiger charge is -2.12. The first-order valence-corrected chi connectivity index (χ1v) is 7.07. The minimum atomic E-state index is 0.793. The lowest BCUT2D eigenvalue weighted by Crippen LogP contribution is -2.11. The molecule has 1 aromatic heterocycles. The van der Waals surface area contributed by atoms with Crippen molar-refractivity contribution in [2.45, 2.75) is 33.1 Å². The molecule has 0 aliphatic carbocycles. The van der Waals surface area contributed by atoms with Crippen LogP contribution in [0.4, 0.5) is 5.82 Å². The molecule has 0 atom stereocenters. The highest BCUT2D eigenvalue weighted by Gasteiger charge is 2.09. The van der Waals surface area contributed by atoms with Crippen LogP contribution >= 0.6 is 15.9 Å². The summed E-state index contributed by atoms with van der Waals surface area (Å²) in [4.78, 5) is 4.67. The molecule has 4 heteroatoms. The van der Waals surface area contributed by atoms with E-state index in [1.54, 1.807) is 0 Å². The van der Waals surface area contributed by atoms with Gasteiger partial charge in [0.15, 0.2) is 0 Å². The minimum absolute atomic E-state index is 0.793. The van der Waals surface area contributed by atoms with Gasteiger partial charge in [0, 0.05) is 9.86 Å². The third-order valence-corrected chi connectivity index (χ3v) is 3.54. The molecule has 0 fully saturated rings. The fraction of sp³-hybridized carbons (Fsp3) is 0.357. The average molecular weight is 308 g/mol. The van der Waals surface area contributed by atoms with Crippen LogP contribution in [0.25, 0.3) is 10.9 Å². The van der Waals surface area contributed by atoms with Gasteiger partial charge >= 0.3 is 0 Å². The fourth-order valence-corrected chi connectivity index (χ4v) is 2.74. The van der Waals surface area contributed by atoms with Gasteiger partial charge in [0.25, 0.3) is 0 Å². The third-order valence-electron chi connectivity index (χ3n) is 3.08. The fourth-order valence-electron chi connectivity index (χ4n) is 2.22. The highest BCUT2D eigenvalue weighted by atomic mass is 79.9. The second kappa shape index (κ2) is 5.67. The van der Waals surface area contributed by atoms with Gasteiger partial charge < -0.3 is 5.43 Å². The standard InChI is InChI=1S/C14H18BrN3/c1-3-5-10-6-11-8-12(15)7-9(4-2)13(11)17-14(10)18-16/h6-8H,3-5,16H2,1-2H3,(H,17,18). The first-order valence-electron chi connectivity index (χ1n) is 6.28. The minimum Gasteiger partial charge on any atom is -0.308 e. The number of nitrogens with one attached hydrogen (secondary N) is 1. The van der Waals surface area contributed by atoms with Gasteiger partial charge in [0.05, 0.1) is 5.52 Å². The van der Waals surface area contributed by atoms with Crippen LogP contribution in [-0.2, 0) is 12.8 Å². The summed E-state index contributed by atoms with van der Waals surface area (Å²) in [6.45, 7) is 4.29. The summed E-state index contributed by atoms with van der Waals surface area (Å²) in [7, 11) is 0. The normalized spacial score (nSPS) is 10.9. The summed E-state index contributed by atoms with van der Waals surface area (Å²) in [5.41, 5.74) is 6.16. The highest BCUT2D eigenvalue weighted by molar-refractivity contribution is 9.10. The molecule has 18 heavy (non-hydrogen) atoms. The van der Waals surface area contributed by atoms with E-state index >= 15 is 0 Å². The van der Waals surface area contributed by atoms with Crippen molar-refractivity contribution in [2.24, 2.45) is 5.84 Å². The number of nitrogen functional groups attached to an aromatic ring is 1. The smallest absolute Gasteiger partial charge is 0.143 e. The van der Waals surface area contributed by atoms with Crippen LogP contribution in [0.5, 0.6) is 0 Å². The average Bonchev–Trinajstić information content (AvgIpc) is 2.37. The Morgan fingerprint density at radius 1 is 1.22 bits per heavy atom. The second-order valence-electron chi connectivity index (χ2n) is 4.38. The SMILES string of the molecule is CCCc1cc2cc(Br)cc(CC)c2nc1NN. The predicted molar refractivity (Wildman–Crippen MR) is 80.6 cm³/mol. The molecule has 0 spiro atoms. The molecule has 1 aromatic carbocycles. The monoisotopic (exact) mass is 307 g/mol. The number of aromatic nitrogens is 1. The van der Waals surface area contributed by atoms with Crippen molar-refractivity contribution in [1.82, 2.24) is 4.98 Å². The summed E-state index contributed by atoms with van der Waals surface area (Å²) in [6.07, 6.45) is 3.02. The number of nitrogens with zero attached hydrogens (tertiary/aromatic N) is 1. The summed E-state index contributed by atoms with van der Waals surface area (Å²) < 4.78 is 1.10. The number of hydrogen-bond donors (Lipinski definition) is 2. The Hall–Kier alpha value is -1.13. The predicted octanol–water partition coefficient (Wildman–Crippen LogP) is 3.80. The van der Waals surface area contributed by atoms with Crippen LogP contribution < -0.4 is 11.3 Å². The zero-order valence-electron chi connectivity index (χ0n) is 10.8. The van der Waals surface area contributed by atoms with Crippen molar-refractivity contribution in [3.05, 3.63) is 33.8 Å². The van der Waals surface area contributed by atoms with E-state index in [1.165, 1.54) is 16.5 Å². The van der Waals surface area contributed by atoms with E-state index in [0.717, 1.165) is 35.1 Å². The number of halogens is 1. The van der Waals surface area contributed by atoms with Crippen LogP contribution in [-0.4, -0.2) is 4.98 Å². The van der Waals surface area contributed by atoms with Crippen molar-refractivity contribution < 1.29 is 0 Å². The molecule has 0 radical (unpaired) electrons. The Balaban J connectivity index is 2.69. The molecule has 0 aliphatic heterocycles. The molecule has 3 N–H and O–H groups in total. The van der Waals surface area contributed by atoms with E-state index in [2.05, 4.69) is 58.4 Å². The van der Waals surface area contributed by atoms with E-state index in [4.69, 9.17) is 5.84 Å². The van der Waals surface area contributed by atoms with E-state index in [-0.39, 0.29) is 0 Å². The molecule has 0 unspecified atom stereocenters. The molecule has 0 saturated heterocycles. The number of fused-ring (bicyclic) bond motifs is 1. The first kappa shape index (κ1) is 13.3. The Bertz CT molecular complexity index is 566. The number of aryl methyl sites for hydroxylation is 2. The van der Waals surface area contributed by atoms with Crippen LogP contribution in [0.15, 0.2) is 22.7 Å². The molecule has 1 heterocycles. The quantitative estimate of drug-likeness (QED) is 0.667.